The Kier molecular flexibility index (Phi) is 2.37. The number of aromatic nitrogens is 3. The van der Waals surface area contributed by atoms with E-state index < -0.39 is 0 Å². The molecule has 0 aliphatic rings. The molecule has 0 bridgehead atoms. The molecule has 2 aromatic heterocycles. The van der Waals surface area contributed by atoms with Crippen molar-refractivity contribution in [1.82, 2.24) is 14.5 Å². The van der Waals surface area contributed by atoms with Gasteiger partial charge in [-0.15, -0.1) is 0 Å². The number of fused-ring (bicyclic) bond motifs is 1. The maximum absolute atomic E-state index is 10.7. The number of carbonyl (C=O) groups is 1. The Balaban J connectivity index is 2.70. The first-order chi connectivity index (χ1) is 7.27. The summed E-state index contributed by atoms with van der Waals surface area (Å²) in [7, 11) is 1.75. The van der Waals surface area contributed by atoms with Gasteiger partial charge in [0.15, 0.2) is 23.3 Å². The lowest BCUT2D eigenvalue weighted by atomic mass is 10.4. The molecule has 2 heterocycles. The minimum atomic E-state index is 0.352. The Morgan fingerprint density at radius 3 is 3.07 bits per heavy atom. The Morgan fingerprint density at radius 2 is 2.40 bits per heavy atom. The molecular formula is C10H11N3O2. The molecule has 0 aromatic carbocycles. The summed E-state index contributed by atoms with van der Waals surface area (Å²) in [5.41, 5.74) is 1.28. The third-order valence-corrected chi connectivity index (χ3v) is 2.16. The van der Waals surface area contributed by atoms with E-state index in [4.69, 9.17) is 4.74 Å². The number of imidazole rings is 1. The van der Waals surface area contributed by atoms with Crippen LogP contribution in [0, 0.1) is 0 Å². The number of rotatable bonds is 3. The maximum atomic E-state index is 10.7. The second-order valence-electron chi connectivity index (χ2n) is 3.06. The smallest absolute Gasteiger partial charge is 0.185 e. The summed E-state index contributed by atoms with van der Waals surface area (Å²) >= 11 is 0. The molecule has 2 rings (SSSR count). The van der Waals surface area contributed by atoms with Gasteiger partial charge < -0.3 is 9.30 Å². The fraction of sp³-hybridized carbons (Fsp3) is 0.300. The molecule has 0 saturated carbocycles. The quantitative estimate of drug-likeness (QED) is 0.706. The minimum absolute atomic E-state index is 0.352. The van der Waals surface area contributed by atoms with Crippen LogP contribution >= 0.6 is 0 Å². The third kappa shape index (κ3) is 1.45. The Labute approximate surface area is 86.7 Å². The number of ether oxygens (including phenoxy) is 1. The van der Waals surface area contributed by atoms with Crippen molar-refractivity contribution in [2.75, 3.05) is 6.61 Å². The topological polar surface area (TPSA) is 57.0 Å². The van der Waals surface area contributed by atoms with Gasteiger partial charge in [-0.05, 0) is 6.92 Å². The van der Waals surface area contributed by atoms with E-state index in [2.05, 4.69) is 9.97 Å². The number of aldehydes is 1. The highest BCUT2D eigenvalue weighted by atomic mass is 16.5. The first kappa shape index (κ1) is 9.64. The molecule has 5 heteroatoms. The van der Waals surface area contributed by atoms with Crippen LogP contribution in [0.5, 0.6) is 5.75 Å². The monoisotopic (exact) mass is 205 g/mol. The van der Waals surface area contributed by atoms with E-state index in [1.54, 1.807) is 23.9 Å². The lowest BCUT2D eigenvalue weighted by Crippen LogP contribution is -1.96. The van der Waals surface area contributed by atoms with Gasteiger partial charge in [-0.3, -0.25) is 4.79 Å². The van der Waals surface area contributed by atoms with E-state index in [0.717, 1.165) is 0 Å². The van der Waals surface area contributed by atoms with Crippen LogP contribution in [-0.4, -0.2) is 27.4 Å². The minimum Gasteiger partial charge on any atom is -0.491 e. The molecule has 0 N–H and O–H groups in total. The van der Waals surface area contributed by atoms with Crippen LogP contribution in [0.2, 0.25) is 0 Å². The number of aryl methyl sites for hydroxylation is 1. The zero-order valence-electron chi connectivity index (χ0n) is 8.60. The van der Waals surface area contributed by atoms with Gasteiger partial charge >= 0.3 is 0 Å². The zero-order valence-corrected chi connectivity index (χ0v) is 8.60. The maximum Gasteiger partial charge on any atom is 0.185 e. The fourth-order valence-electron chi connectivity index (χ4n) is 1.45. The highest BCUT2D eigenvalue weighted by Gasteiger charge is 2.11. The zero-order chi connectivity index (χ0) is 10.8. The number of nitrogens with zero attached hydrogens (tertiary/aromatic N) is 3. The molecule has 0 aliphatic carbocycles. The SMILES string of the molecule is CCOc1ccnc2c1nc(C=O)n2C. The van der Waals surface area contributed by atoms with Crippen LogP contribution < -0.4 is 4.74 Å². The summed E-state index contributed by atoms with van der Waals surface area (Å²) in [6.07, 6.45) is 2.35. The number of hydrogen-bond donors (Lipinski definition) is 0. The molecule has 15 heavy (non-hydrogen) atoms. The largest absolute Gasteiger partial charge is 0.491 e. The van der Waals surface area contributed by atoms with Gasteiger partial charge in [-0.25, -0.2) is 9.97 Å². The van der Waals surface area contributed by atoms with Gasteiger partial charge in [0, 0.05) is 19.3 Å². The van der Waals surface area contributed by atoms with Gasteiger partial charge in [-0.2, -0.15) is 0 Å². The van der Waals surface area contributed by atoms with Gasteiger partial charge in [-0.1, -0.05) is 0 Å². The van der Waals surface area contributed by atoms with E-state index in [0.29, 0.717) is 35.6 Å². The Hall–Kier alpha value is -1.91. The van der Waals surface area contributed by atoms with Crippen LogP contribution in [0.15, 0.2) is 12.3 Å². The van der Waals surface area contributed by atoms with Crippen molar-refractivity contribution < 1.29 is 9.53 Å². The lowest BCUT2D eigenvalue weighted by Gasteiger charge is -2.02. The van der Waals surface area contributed by atoms with Gasteiger partial charge in [0.2, 0.25) is 0 Å². The molecule has 0 amide bonds. The van der Waals surface area contributed by atoms with E-state index in [-0.39, 0.29) is 0 Å². The molecule has 0 fully saturated rings. The first-order valence-electron chi connectivity index (χ1n) is 4.67. The average Bonchev–Trinajstić information content (AvgIpc) is 2.58. The second-order valence-corrected chi connectivity index (χ2v) is 3.06. The van der Waals surface area contributed by atoms with E-state index in [1.165, 1.54) is 0 Å². The Bertz CT molecular complexity index is 505. The highest BCUT2D eigenvalue weighted by Crippen LogP contribution is 2.22. The standard InChI is InChI=1S/C10H11N3O2/c1-3-15-7-4-5-11-10-9(7)12-8(6-14)13(10)2/h4-6H,3H2,1-2H3. The molecule has 0 unspecified atom stereocenters. The summed E-state index contributed by atoms with van der Waals surface area (Å²) in [5, 5.41) is 0. The normalized spacial score (nSPS) is 10.5. The molecule has 5 nitrogen and oxygen atoms in total. The molecule has 0 radical (unpaired) electrons. The number of pyridine rings is 1. The summed E-state index contributed by atoms with van der Waals surface area (Å²) in [6, 6.07) is 1.74. The van der Waals surface area contributed by atoms with Crippen LogP contribution in [0.3, 0.4) is 0 Å². The predicted molar refractivity (Wildman–Crippen MR) is 55.1 cm³/mol. The summed E-state index contributed by atoms with van der Waals surface area (Å²) in [5.74, 6) is 1.01. The van der Waals surface area contributed by atoms with Crippen LogP contribution in [0.1, 0.15) is 17.5 Å². The second kappa shape index (κ2) is 3.68. The molecule has 2 aromatic rings. The Morgan fingerprint density at radius 1 is 1.60 bits per heavy atom. The molecule has 0 aliphatic heterocycles. The number of hydrogen-bond acceptors (Lipinski definition) is 4. The molecule has 78 valence electrons. The fourth-order valence-corrected chi connectivity index (χ4v) is 1.45. The van der Waals surface area contributed by atoms with Gasteiger partial charge in [0.1, 0.15) is 5.75 Å². The van der Waals surface area contributed by atoms with Crippen molar-refractivity contribution in [3.63, 3.8) is 0 Å². The van der Waals surface area contributed by atoms with Crippen LogP contribution in [-0.2, 0) is 7.05 Å². The lowest BCUT2D eigenvalue weighted by molar-refractivity contribution is 0.111. The molecule has 0 atom stereocenters. The third-order valence-electron chi connectivity index (χ3n) is 2.16. The van der Waals surface area contributed by atoms with E-state index >= 15 is 0 Å². The molecular weight excluding hydrogens is 194 g/mol. The van der Waals surface area contributed by atoms with Gasteiger partial charge in [0.05, 0.1) is 6.61 Å². The summed E-state index contributed by atoms with van der Waals surface area (Å²) in [4.78, 5) is 19.0. The predicted octanol–water partition coefficient (Wildman–Crippen LogP) is 1.18. The van der Waals surface area contributed by atoms with Crippen molar-refractivity contribution in [3.05, 3.63) is 18.1 Å². The van der Waals surface area contributed by atoms with Crippen molar-refractivity contribution in [2.45, 2.75) is 6.92 Å². The first-order valence-corrected chi connectivity index (χ1v) is 4.67. The summed E-state index contributed by atoms with van der Waals surface area (Å²) < 4.78 is 7.04. The van der Waals surface area contributed by atoms with Crippen molar-refractivity contribution >= 4 is 17.5 Å². The highest BCUT2D eigenvalue weighted by molar-refractivity contribution is 5.84. The van der Waals surface area contributed by atoms with Crippen molar-refractivity contribution in [1.29, 1.82) is 0 Å². The molecule has 0 saturated heterocycles. The van der Waals surface area contributed by atoms with E-state index in [1.807, 2.05) is 6.92 Å². The van der Waals surface area contributed by atoms with E-state index in [9.17, 15) is 4.79 Å². The van der Waals surface area contributed by atoms with Crippen LogP contribution in [0.25, 0.3) is 11.2 Å². The summed E-state index contributed by atoms with van der Waals surface area (Å²) in [6.45, 7) is 2.46. The van der Waals surface area contributed by atoms with Crippen molar-refractivity contribution in [2.24, 2.45) is 7.05 Å². The molecule has 0 spiro atoms. The van der Waals surface area contributed by atoms with Gasteiger partial charge in [0.25, 0.3) is 0 Å². The average molecular weight is 205 g/mol. The van der Waals surface area contributed by atoms with Crippen LogP contribution in [0.4, 0.5) is 0 Å². The van der Waals surface area contributed by atoms with Crippen molar-refractivity contribution in [3.8, 4) is 5.75 Å². The number of carbonyl (C=O) groups excluding carboxylic acids is 1.